The Morgan fingerprint density at radius 2 is 1.95 bits per heavy atom. The molecule has 0 saturated carbocycles. The number of thioether (sulfide) groups is 1. The van der Waals surface area contributed by atoms with Gasteiger partial charge in [-0.1, -0.05) is 25.1 Å². The van der Waals surface area contributed by atoms with Gasteiger partial charge < -0.3 is 4.90 Å². The molecule has 0 bridgehead atoms. The number of amides is 1. The lowest BCUT2D eigenvalue weighted by atomic mass is 10.2. The van der Waals surface area contributed by atoms with Crippen LogP contribution >= 0.6 is 11.8 Å². The van der Waals surface area contributed by atoms with Crippen molar-refractivity contribution in [1.29, 1.82) is 5.26 Å². The highest BCUT2D eigenvalue weighted by molar-refractivity contribution is 8.00. The quantitative estimate of drug-likeness (QED) is 0.783. The van der Waals surface area contributed by atoms with Gasteiger partial charge in [0.15, 0.2) is 0 Å². The number of piperazine rings is 1. The average molecular weight is 303 g/mol. The molecule has 0 N–H and O–H groups in total. The zero-order valence-corrected chi connectivity index (χ0v) is 13.2. The highest BCUT2D eigenvalue weighted by Gasteiger charge is 2.24. The van der Waals surface area contributed by atoms with Crippen LogP contribution in [0.25, 0.3) is 0 Å². The van der Waals surface area contributed by atoms with Gasteiger partial charge in [0.25, 0.3) is 0 Å². The normalized spacial score (nSPS) is 17.2. The van der Waals surface area contributed by atoms with Crippen molar-refractivity contribution in [2.24, 2.45) is 0 Å². The molecule has 1 aliphatic heterocycles. The zero-order valence-electron chi connectivity index (χ0n) is 12.4. The molecule has 4 nitrogen and oxygen atoms in total. The molecule has 0 aliphatic carbocycles. The molecule has 0 radical (unpaired) electrons. The maximum absolute atomic E-state index is 12.2. The molecule has 2 rings (SSSR count). The molecule has 0 aromatic heterocycles. The lowest BCUT2D eigenvalue weighted by molar-refractivity contribution is -0.130. The highest BCUT2D eigenvalue weighted by Crippen LogP contribution is 2.18. The third kappa shape index (κ3) is 4.48. The summed E-state index contributed by atoms with van der Waals surface area (Å²) in [6.07, 6.45) is 0.842. The van der Waals surface area contributed by atoms with Crippen LogP contribution in [0.5, 0.6) is 0 Å². The summed E-state index contributed by atoms with van der Waals surface area (Å²) in [5.41, 5.74) is 0. The second-order valence-electron chi connectivity index (χ2n) is 5.07. The monoisotopic (exact) mass is 303 g/mol. The van der Waals surface area contributed by atoms with E-state index < -0.39 is 0 Å². The molecule has 1 saturated heterocycles. The molecule has 112 valence electrons. The minimum atomic E-state index is -0.0130. The number of carbonyl (C=O) groups excluding carboxylic acids is 1. The molecule has 1 aromatic rings. The number of hydrogen-bond acceptors (Lipinski definition) is 4. The van der Waals surface area contributed by atoms with Gasteiger partial charge >= 0.3 is 0 Å². The molecule has 5 heteroatoms. The van der Waals surface area contributed by atoms with E-state index in [4.69, 9.17) is 5.26 Å². The van der Waals surface area contributed by atoms with Crippen molar-refractivity contribution in [3.63, 3.8) is 0 Å². The molecule has 1 aliphatic rings. The number of nitrogens with zero attached hydrogens (tertiary/aromatic N) is 3. The van der Waals surface area contributed by atoms with Crippen LogP contribution in [0.2, 0.25) is 0 Å². The zero-order chi connectivity index (χ0) is 15.1. The summed E-state index contributed by atoms with van der Waals surface area (Å²) in [7, 11) is 0. The lowest BCUT2D eigenvalue weighted by Crippen LogP contribution is -2.52. The van der Waals surface area contributed by atoms with Gasteiger partial charge in [0.2, 0.25) is 5.91 Å². The Morgan fingerprint density at radius 1 is 1.29 bits per heavy atom. The first-order chi connectivity index (χ1) is 10.2. The van der Waals surface area contributed by atoms with Crippen LogP contribution < -0.4 is 0 Å². The highest BCUT2D eigenvalue weighted by atomic mass is 32.2. The first-order valence-electron chi connectivity index (χ1n) is 7.34. The third-order valence-corrected chi connectivity index (χ3v) is 4.75. The van der Waals surface area contributed by atoms with Crippen LogP contribution in [0.15, 0.2) is 35.2 Å². The molecule has 1 heterocycles. The Bertz CT molecular complexity index is 492. The van der Waals surface area contributed by atoms with Crippen molar-refractivity contribution in [2.75, 3.05) is 31.9 Å². The van der Waals surface area contributed by atoms with Crippen LogP contribution in [0.4, 0.5) is 0 Å². The van der Waals surface area contributed by atoms with E-state index in [9.17, 15) is 4.79 Å². The fraction of sp³-hybridized carbons (Fsp3) is 0.500. The van der Waals surface area contributed by atoms with E-state index in [0.29, 0.717) is 5.75 Å². The number of benzene rings is 1. The maximum Gasteiger partial charge on any atom is 0.233 e. The van der Waals surface area contributed by atoms with Crippen molar-refractivity contribution in [2.45, 2.75) is 24.3 Å². The van der Waals surface area contributed by atoms with Gasteiger partial charge in [-0.25, -0.2) is 0 Å². The largest absolute Gasteiger partial charge is 0.339 e. The minimum Gasteiger partial charge on any atom is -0.339 e. The standard InChI is InChI=1S/C16H21N3OS/c1-2-14(12-17)18-8-10-19(11-9-18)16(20)13-21-15-6-4-3-5-7-15/h3-7,14H,2,8-11,13H2,1H3. The van der Waals surface area contributed by atoms with Crippen molar-refractivity contribution in [3.8, 4) is 6.07 Å². The van der Waals surface area contributed by atoms with Crippen LogP contribution in [0.3, 0.4) is 0 Å². The van der Waals surface area contributed by atoms with Gasteiger partial charge in [-0.3, -0.25) is 9.69 Å². The first-order valence-corrected chi connectivity index (χ1v) is 8.32. The summed E-state index contributed by atoms with van der Waals surface area (Å²) in [5.74, 6) is 0.674. The van der Waals surface area contributed by atoms with E-state index in [1.54, 1.807) is 11.8 Å². The van der Waals surface area contributed by atoms with Crippen molar-refractivity contribution >= 4 is 17.7 Å². The summed E-state index contributed by atoms with van der Waals surface area (Å²) < 4.78 is 0. The van der Waals surface area contributed by atoms with E-state index in [2.05, 4.69) is 11.0 Å². The molecule has 1 aromatic carbocycles. The Balaban J connectivity index is 1.77. The van der Waals surface area contributed by atoms with Crippen LogP contribution in [-0.4, -0.2) is 53.7 Å². The maximum atomic E-state index is 12.2. The summed E-state index contributed by atoms with van der Waals surface area (Å²) in [6.45, 7) is 5.09. The van der Waals surface area contributed by atoms with Gasteiger partial charge in [-0.15, -0.1) is 11.8 Å². The summed E-state index contributed by atoms with van der Waals surface area (Å²) >= 11 is 1.58. The van der Waals surface area contributed by atoms with Gasteiger partial charge in [0.05, 0.1) is 17.9 Å². The number of carbonyl (C=O) groups is 1. The fourth-order valence-corrected chi connectivity index (χ4v) is 3.29. The second kappa shape index (κ2) is 8.06. The SMILES string of the molecule is CCC(C#N)N1CCN(C(=O)CSc2ccccc2)CC1. The van der Waals surface area contributed by atoms with E-state index in [-0.39, 0.29) is 11.9 Å². The first kappa shape index (κ1) is 15.9. The number of rotatable bonds is 5. The lowest BCUT2D eigenvalue weighted by Gasteiger charge is -2.36. The number of nitriles is 1. The van der Waals surface area contributed by atoms with Crippen molar-refractivity contribution in [3.05, 3.63) is 30.3 Å². The Kier molecular flexibility index (Phi) is 6.09. The molecule has 0 spiro atoms. The Hall–Kier alpha value is -1.51. The molecular weight excluding hydrogens is 282 g/mol. The van der Waals surface area contributed by atoms with Gasteiger partial charge in [0.1, 0.15) is 0 Å². The van der Waals surface area contributed by atoms with Crippen molar-refractivity contribution < 1.29 is 4.79 Å². The predicted molar refractivity (Wildman–Crippen MR) is 85.0 cm³/mol. The third-order valence-electron chi connectivity index (χ3n) is 3.75. The minimum absolute atomic E-state index is 0.0130. The number of hydrogen-bond donors (Lipinski definition) is 0. The average Bonchev–Trinajstić information content (AvgIpc) is 2.55. The molecule has 1 fully saturated rings. The molecule has 1 unspecified atom stereocenters. The molecule has 1 atom stereocenters. The predicted octanol–water partition coefficient (Wildman–Crippen LogP) is 2.23. The molecular formula is C16H21N3OS. The van der Waals surface area contributed by atoms with Crippen LogP contribution in [0.1, 0.15) is 13.3 Å². The van der Waals surface area contributed by atoms with E-state index >= 15 is 0 Å². The molecule has 21 heavy (non-hydrogen) atoms. The Labute approximate surface area is 130 Å². The fourth-order valence-electron chi connectivity index (χ4n) is 2.47. The van der Waals surface area contributed by atoms with Gasteiger partial charge in [0, 0.05) is 31.1 Å². The van der Waals surface area contributed by atoms with Crippen LogP contribution in [0, 0.1) is 11.3 Å². The smallest absolute Gasteiger partial charge is 0.233 e. The topological polar surface area (TPSA) is 47.3 Å². The van der Waals surface area contributed by atoms with E-state index in [1.807, 2.05) is 42.2 Å². The summed E-state index contributed by atoms with van der Waals surface area (Å²) in [6, 6.07) is 12.3. The summed E-state index contributed by atoms with van der Waals surface area (Å²) in [4.78, 5) is 17.4. The van der Waals surface area contributed by atoms with Crippen molar-refractivity contribution in [1.82, 2.24) is 9.80 Å². The molecule has 1 amide bonds. The summed E-state index contributed by atoms with van der Waals surface area (Å²) in [5, 5.41) is 9.09. The second-order valence-corrected chi connectivity index (χ2v) is 6.12. The van der Waals surface area contributed by atoms with Gasteiger partial charge in [-0.05, 0) is 18.6 Å². The van der Waals surface area contributed by atoms with E-state index in [0.717, 1.165) is 37.5 Å². The van der Waals surface area contributed by atoms with Gasteiger partial charge in [-0.2, -0.15) is 5.26 Å². The van der Waals surface area contributed by atoms with E-state index in [1.165, 1.54) is 0 Å². The van der Waals surface area contributed by atoms with Crippen LogP contribution in [-0.2, 0) is 4.79 Å². The Morgan fingerprint density at radius 3 is 2.52 bits per heavy atom.